The van der Waals surface area contributed by atoms with Crippen LogP contribution >= 0.6 is 0 Å². The molecule has 2 unspecified atom stereocenters. The number of carbonyl (C=O) groups is 3. The number of para-hydroxylation sites is 1. The summed E-state index contributed by atoms with van der Waals surface area (Å²) >= 11 is 0. The Kier molecular flexibility index (Phi) is 5.89. The Hall–Kier alpha value is -3.41. The van der Waals surface area contributed by atoms with E-state index in [1.54, 1.807) is 42.5 Å². The molecule has 6 heteroatoms. The first-order chi connectivity index (χ1) is 13.5. The molecule has 144 valence electrons. The van der Waals surface area contributed by atoms with Gasteiger partial charge in [0.25, 0.3) is 5.91 Å². The lowest BCUT2D eigenvalue weighted by molar-refractivity contribution is -0.313. The van der Waals surface area contributed by atoms with Gasteiger partial charge in [-0.05, 0) is 49.6 Å². The minimum absolute atomic E-state index is 0.260. The van der Waals surface area contributed by atoms with E-state index in [4.69, 9.17) is 0 Å². The molecular formula is C22H21N2O4-. The summed E-state index contributed by atoms with van der Waals surface area (Å²) in [6.07, 6.45) is 4.12. The number of anilines is 2. The number of nitrogens with one attached hydrogen (secondary N) is 2. The van der Waals surface area contributed by atoms with Crippen molar-refractivity contribution >= 4 is 29.2 Å². The fourth-order valence-corrected chi connectivity index (χ4v) is 3.30. The van der Waals surface area contributed by atoms with Crippen LogP contribution in [0.2, 0.25) is 0 Å². The van der Waals surface area contributed by atoms with E-state index < -0.39 is 23.7 Å². The zero-order valence-corrected chi connectivity index (χ0v) is 15.5. The van der Waals surface area contributed by atoms with Crippen LogP contribution in [0.3, 0.4) is 0 Å². The first-order valence-electron chi connectivity index (χ1n) is 9.09. The first kappa shape index (κ1) is 19.4. The summed E-state index contributed by atoms with van der Waals surface area (Å²) in [6, 6.07) is 14.0. The highest BCUT2D eigenvalue weighted by Crippen LogP contribution is 2.27. The molecule has 0 saturated heterocycles. The van der Waals surface area contributed by atoms with Gasteiger partial charge in [0.15, 0.2) is 0 Å². The Morgan fingerprint density at radius 1 is 0.929 bits per heavy atom. The molecule has 0 bridgehead atoms. The van der Waals surface area contributed by atoms with Crippen molar-refractivity contribution in [3.05, 3.63) is 71.8 Å². The van der Waals surface area contributed by atoms with Gasteiger partial charge in [-0.25, -0.2) is 0 Å². The van der Waals surface area contributed by atoms with Gasteiger partial charge in [-0.3, -0.25) is 9.59 Å². The number of hydrogen-bond acceptors (Lipinski definition) is 4. The number of hydrogen-bond donors (Lipinski definition) is 2. The Morgan fingerprint density at radius 3 is 2.36 bits per heavy atom. The van der Waals surface area contributed by atoms with E-state index in [2.05, 4.69) is 10.6 Å². The van der Waals surface area contributed by atoms with Crippen LogP contribution in [0.15, 0.2) is 60.7 Å². The molecule has 0 fully saturated rings. The van der Waals surface area contributed by atoms with E-state index in [1.165, 1.54) is 0 Å². The first-order valence-corrected chi connectivity index (χ1v) is 9.09. The number of amides is 2. The van der Waals surface area contributed by atoms with Crippen LogP contribution in [-0.2, 0) is 9.59 Å². The molecule has 2 amide bonds. The average molecular weight is 377 g/mol. The summed E-state index contributed by atoms with van der Waals surface area (Å²) in [4.78, 5) is 36.7. The van der Waals surface area contributed by atoms with Crippen LogP contribution in [0.25, 0.3) is 0 Å². The van der Waals surface area contributed by atoms with Crippen molar-refractivity contribution in [2.45, 2.75) is 19.8 Å². The highest BCUT2D eigenvalue weighted by atomic mass is 16.4. The topological polar surface area (TPSA) is 98.3 Å². The standard InChI is InChI=1S/C22H22N2O4/c1-14-7-6-8-15(13-14)23-21(26)18-11-4-5-12-19(18)24-20(25)16-9-2-3-10-17(16)22(27)28/h2-8,11-13,16-17H,9-10H2,1H3,(H,23,26)(H,24,25)(H,27,28)/p-1. The Bertz CT molecular complexity index is 936. The minimum atomic E-state index is -1.24. The average Bonchev–Trinajstić information content (AvgIpc) is 2.68. The molecule has 0 heterocycles. The minimum Gasteiger partial charge on any atom is -0.550 e. The highest BCUT2D eigenvalue weighted by Gasteiger charge is 2.30. The zero-order valence-electron chi connectivity index (χ0n) is 15.5. The van der Waals surface area contributed by atoms with Crippen LogP contribution in [-0.4, -0.2) is 17.8 Å². The monoisotopic (exact) mass is 377 g/mol. The maximum Gasteiger partial charge on any atom is 0.257 e. The van der Waals surface area contributed by atoms with Crippen LogP contribution in [0.1, 0.15) is 28.8 Å². The summed E-state index contributed by atoms with van der Waals surface area (Å²) in [7, 11) is 0. The van der Waals surface area contributed by atoms with Crippen molar-refractivity contribution in [3.8, 4) is 0 Å². The predicted octanol–water partition coefficient (Wildman–Crippen LogP) is 2.52. The van der Waals surface area contributed by atoms with Gasteiger partial charge in [0.2, 0.25) is 5.91 Å². The number of allylic oxidation sites excluding steroid dienone is 2. The SMILES string of the molecule is Cc1cccc(NC(=O)c2ccccc2NC(=O)C2CC=CCC2C(=O)[O-])c1. The number of carbonyl (C=O) groups excluding carboxylic acids is 3. The van der Waals surface area contributed by atoms with E-state index in [1.807, 2.05) is 25.1 Å². The molecule has 0 aromatic heterocycles. The van der Waals surface area contributed by atoms with E-state index in [-0.39, 0.29) is 12.3 Å². The molecule has 0 aliphatic heterocycles. The van der Waals surface area contributed by atoms with Gasteiger partial charge in [-0.1, -0.05) is 36.4 Å². The van der Waals surface area contributed by atoms with Crippen molar-refractivity contribution in [1.82, 2.24) is 0 Å². The number of aliphatic carboxylic acids is 1. The van der Waals surface area contributed by atoms with Gasteiger partial charge < -0.3 is 20.5 Å². The molecule has 2 aromatic rings. The van der Waals surface area contributed by atoms with Gasteiger partial charge in [0.05, 0.1) is 17.2 Å². The van der Waals surface area contributed by atoms with Crippen LogP contribution in [0.4, 0.5) is 11.4 Å². The van der Waals surface area contributed by atoms with Crippen molar-refractivity contribution in [2.75, 3.05) is 10.6 Å². The second-order valence-corrected chi connectivity index (χ2v) is 6.83. The predicted molar refractivity (Wildman–Crippen MR) is 105 cm³/mol. The highest BCUT2D eigenvalue weighted by molar-refractivity contribution is 6.10. The molecule has 0 radical (unpaired) electrons. The molecule has 1 aliphatic carbocycles. The second kappa shape index (κ2) is 8.52. The lowest BCUT2D eigenvalue weighted by Gasteiger charge is -2.28. The van der Waals surface area contributed by atoms with E-state index in [0.29, 0.717) is 23.4 Å². The molecule has 2 aromatic carbocycles. The Morgan fingerprint density at radius 2 is 1.64 bits per heavy atom. The van der Waals surface area contributed by atoms with Crippen molar-refractivity contribution in [2.24, 2.45) is 11.8 Å². The maximum atomic E-state index is 12.7. The van der Waals surface area contributed by atoms with Crippen molar-refractivity contribution < 1.29 is 19.5 Å². The van der Waals surface area contributed by atoms with Gasteiger partial charge in [0, 0.05) is 17.6 Å². The summed E-state index contributed by atoms with van der Waals surface area (Å²) < 4.78 is 0. The quantitative estimate of drug-likeness (QED) is 0.782. The van der Waals surface area contributed by atoms with Crippen molar-refractivity contribution in [3.63, 3.8) is 0 Å². The molecular weight excluding hydrogens is 356 g/mol. The van der Waals surface area contributed by atoms with E-state index >= 15 is 0 Å². The summed E-state index contributed by atoms with van der Waals surface area (Å²) in [5.41, 5.74) is 2.30. The molecule has 2 N–H and O–H groups in total. The number of carboxylic acid groups (broad SMARTS) is 1. The molecule has 28 heavy (non-hydrogen) atoms. The van der Waals surface area contributed by atoms with E-state index in [0.717, 1.165) is 5.56 Å². The molecule has 0 saturated carbocycles. The van der Waals surface area contributed by atoms with Crippen molar-refractivity contribution in [1.29, 1.82) is 0 Å². The Balaban J connectivity index is 1.78. The number of benzene rings is 2. The van der Waals surface area contributed by atoms with E-state index in [9.17, 15) is 19.5 Å². The number of rotatable bonds is 5. The van der Waals surface area contributed by atoms with Gasteiger partial charge in [-0.15, -0.1) is 0 Å². The summed E-state index contributed by atoms with van der Waals surface area (Å²) in [5, 5.41) is 16.9. The van der Waals surface area contributed by atoms with Gasteiger partial charge in [-0.2, -0.15) is 0 Å². The third-order valence-electron chi connectivity index (χ3n) is 4.78. The number of carboxylic acids is 1. The molecule has 0 spiro atoms. The molecule has 3 rings (SSSR count). The van der Waals surface area contributed by atoms with Crippen LogP contribution in [0, 0.1) is 18.8 Å². The zero-order chi connectivity index (χ0) is 20.1. The van der Waals surface area contributed by atoms with Gasteiger partial charge in [0.1, 0.15) is 0 Å². The third-order valence-corrected chi connectivity index (χ3v) is 4.78. The smallest absolute Gasteiger partial charge is 0.257 e. The summed E-state index contributed by atoms with van der Waals surface area (Å²) in [5.74, 6) is -3.65. The fourth-order valence-electron chi connectivity index (χ4n) is 3.30. The summed E-state index contributed by atoms with van der Waals surface area (Å²) in [6.45, 7) is 1.93. The lowest BCUT2D eigenvalue weighted by Crippen LogP contribution is -2.41. The maximum absolute atomic E-state index is 12.7. The normalized spacial score (nSPS) is 18.3. The molecule has 1 aliphatic rings. The molecule has 6 nitrogen and oxygen atoms in total. The van der Waals surface area contributed by atoms with Crippen LogP contribution in [0.5, 0.6) is 0 Å². The Labute approximate surface area is 163 Å². The fraction of sp³-hybridized carbons (Fsp3) is 0.227. The number of aryl methyl sites for hydroxylation is 1. The second-order valence-electron chi connectivity index (χ2n) is 6.83. The van der Waals surface area contributed by atoms with Gasteiger partial charge >= 0.3 is 0 Å². The molecule has 2 atom stereocenters. The third kappa shape index (κ3) is 4.46. The van der Waals surface area contributed by atoms with Crippen LogP contribution < -0.4 is 15.7 Å². The largest absolute Gasteiger partial charge is 0.550 e. The lowest BCUT2D eigenvalue weighted by atomic mass is 9.82.